The van der Waals surface area contributed by atoms with Gasteiger partial charge in [-0.1, -0.05) is 142 Å². The Hall–Kier alpha value is -1.20. The Labute approximate surface area is 256 Å². The van der Waals surface area contributed by atoms with Crippen molar-refractivity contribution in [3.63, 3.8) is 0 Å². The Kier molecular flexibility index (Phi) is 32.3. The van der Waals surface area contributed by atoms with E-state index in [0.717, 1.165) is 25.7 Å². The number of nitrogens with one attached hydrogen (secondary N) is 1. The zero-order valence-electron chi connectivity index (χ0n) is 27.7. The molecule has 0 aromatic carbocycles. The van der Waals surface area contributed by atoms with Gasteiger partial charge in [-0.2, -0.15) is 0 Å². The van der Waals surface area contributed by atoms with Gasteiger partial charge >= 0.3 is 0 Å². The first-order chi connectivity index (χ1) is 20.2. The predicted molar refractivity (Wildman–Crippen MR) is 179 cm³/mol. The SMILES string of the molecule is CCCCCCCC/C=C\CCCCCCCC(=O)N(CCNCCN)C(=O)CCCCCCCCCCCCC. The van der Waals surface area contributed by atoms with Crippen LogP contribution in [0, 0.1) is 0 Å². The van der Waals surface area contributed by atoms with Crippen LogP contribution >= 0.6 is 0 Å². The van der Waals surface area contributed by atoms with E-state index in [2.05, 4.69) is 31.3 Å². The average molecular weight is 578 g/mol. The largest absolute Gasteiger partial charge is 0.329 e. The van der Waals surface area contributed by atoms with Gasteiger partial charge in [0.05, 0.1) is 0 Å². The number of imide groups is 1. The number of hydrogen-bond donors (Lipinski definition) is 2. The molecule has 0 heterocycles. The number of nitrogens with two attached hydrogens (primary N) is 1. The summed E-state index contributed by atoms with van der Waals surface area (Å²) >= 11 is 0. The molecule has 0 aliphatic rings. The minimum Gasteiger partial charge on any atom is -0.329 e. The highest BCUT2D eigenvalue weighted by atomic mass is 16.2. The summed E-state index contributed by atoms with van der Waals surface area (Å²) in [6, 6.07) is 0. The van der Waals surface area contributed by atoms with Crippen molar-refractivity contribution in [1.29, 1.82) is 0 Å². The number of hydrogen-bond acceptors (Lipinski definition) is 4. The standard InChI is InChI=1S/C36H71N3O2/c1-3-5-7-9-11-13-15-16-17-18-20-22-24-26-28-30-36(41)39(34-33-38-32-31-37)35(40)29-27-25-23-21-19-14-12-10-8-6-4-2/h16-17,38H,3-15,18-34,37H2,1-2H3/b17-16-. The van der Waals surface area contributed by atoms with E-state index in [-0.39, 0.29) is 11.8 Å². The lowest BCUT2D eigenvalue weighted by molar-refractivity contribution is -0.145. The van der Waals surface area contributed by atoms with E-state index in [4.69, 9.17) is 5.73 Å². The molecule has 5 heteroatoms. The Morgan fingerprint density at radius 3 is 1.29 bits per heavy atom. The van der Waals surface area contributed by atoms with Gasteiger partial charge in [-0.25, -0.2) is 0 Å². The molecule has 0 spiro atoms. The number of carbonyl (C=O) groups is 2. The second-order valence-electron chi connectivity index (χ2n) is 12.1. The van der Waals surface area contributed by atoms with Crippen molar-refractivity contribution in [2.24, 2.45) is 5.73 Å². The maximum atomic E-state index is 12.9. The van der Waals surface area contributed by atoms with Gasteiger partial charge < -0.3 is 11.1 Å². The van der Waals surface area contributed by atoms with Crippen LogP contribution in [0.3, 0.4) is 0 Å². The predicted octanol–water partition coefficient (Wildman–Crippen LogP) is 9.63. The zero-order valence-corrected chi connectivity index (χ0v) is 27.7. The maximum absolute atomic E-state index is 12.9. The van der Waals surface area contributed by atoms with Crippen LogP contribution in [0.5, 0.6) is 0 Å². The van der Waals surface area contributed by atoms with E-state index < -0.39 is 0 Å². The van der Waals surface area contributed by atoms with Crippen molar-refractivity contribution in [2.45, 2.75) is 181 Å². The lowest BCUT2D eigenvalue weighted by Crippen LogP contribution is -2.41. The third kappa shape index (κ3) is 28.7. The molecular formula is C36H71N3O2. The third-order valence-electron chi connectivity index (χ3n) is 8.08. The number of rotatable bonds is 32. The molecule has 0 saturated carbocycles. The lowest BCUT2D eigenvalue weighted by Gasteiger charge is -2.21. The fourth-order valence-electron chi connectivity index (χ4n) is 5.36. The van der Waals surface area contributed by atoms with Crippen LogP contribution in [0.25, 0.3) is 0 Å². The van der Waals surface area contributed by atoms with E-state index in [1.54, 1.807) is 0 Å². The van der Waals surface area contributed by atoms with E-state index in [1.807, 2.05) is 0 Å². The number of unbranched alkanes of at least 4 members (excludes halogenated alkanes) is 21. The van der Waals surface area contributed by atoms with Gasteiger partial charge in [-0.05, 0) is 38.5 Å². The molecule has 0 bridgehead atoms. The van der Waals surface area contributed by atoms with Gasteiger partial charge in [0, 0.05) is 39.0 Å². The summed E-state index contributed by atoms with van der Waals surface area (Å²) < 4.78 is 0. The minimum absolute atomic E-state index is 0.00486. The fraction of sp³-hybridized carbons (Fsp3) is 0.889. The third-order valence-corrected chi connectivity index (χ3v) is 8.08. The van der Waals surface area contributed by atoms with Gasteiger partial charge in [0.15, 0.2) is 0 Å². The van der Waals surface area contributed by atoms with Crippen molar-refractivity contribution >= 4 is 11.8 Å². The van der Waals surface area contributed by atoms with Crippen molar-refractivity contribution < 1.29 is 9.59 Å². The first-order valence-electron chi connectivity index (χ1n) is 18.1. The van der Waals surface area contributed by atoms with Crippen LogP contribution < -0.4 is 11.1 Å². The van der Waals surface area contributed by atoms with Gasteiger partial charge in [0.2, 0.25) is 11.8 Å². The van der Waals surface area contributed by atoms with Crippen molar-refractivity contribution in [1.82, 2.24) is 10.2 Å². The van der Waals surface area contributed by atoms with E-state index in [9.17, 15) is 9.59 Å². The molecule has 3 N–H and O–H groups in total. The smallest absolute Gasteiger partial charge is 0.229 e. The summed E-state index contributed by atoms with van der Waals surface area (Å²) in [7, 11) is 0. The molecule has 242 valence electrons. The monoisotopic (exact) mass is 578 g/mol. The molecule has 0 saturated heterocycles. The molecule has 0 fully saturated rings. The molecule has 0 rings (SSSR count). The summed E-state index contributed by atoms with van der Waals surface area (Å²) in [5.41, 5.74) is 5.57. The summed E-state index contributed by atoms with van der Waals surface area (Å²) in [4.78, 5) is 27.4. The highest BCUT2D eigenvalue weighted by Crippen LogP contribution is 2.14. The molecule has 0 unspecified atom stereocenters. The fourth-order valence-corrected chi connectivity index (χ4v) is 5.36. The van der Waals surface area contributed by atoms with Crippen LogP contribution in [-0.4, -0.2) is 42.9 Å². The Balaban J connectivity index is 3.99. The molecule has 5 nitrogen and oxygen atoms in total. The highest BCUT2D eigenvalue weighted by molar-refractivity contribution is 5.95. The normalized spacial score (nSPS) is 11.5. The first kappa shape index (κ1) is 39.8. The number of amides is 2. The van der Waals surface area contributed by atoms with Crippen molar-refractivity contribution in [3.8, 4) is 0 Å². The van der Waals surface area contributed by atoms with Crippen molar-refractivity contribution in [3.05, 3.63) is 12.2 Å². The molecule has 0 aliphatic heterocycles. The first-order valence-corrected chi connectivity index (χ1v) is 18.1. The van der Waals surface area contributed by atoms with E-state index in [0.29, 0.717) is 39.0 Å². The number of nitrogens with zero attached hydrogens (tertiary/aromatic N) is 1. The van der Waals surface area contributed by atoms with Crippen LogP contribution in [0.15, 0.2) is 12.2 Å². The second-order valence-corrected chi connectivity index (χ2v) is 12.1. The van der Waals surface area contributed by atoms with E-state index in [1.165, 1.54) is 133 Å². The Morgan fingerprint density at radius 1 is 0.537 bits per heavy atom. The summed E-state index contributed by atoms with van der Waals surface area (Å²) in [5.74, 6) is 0.0125. The Bertz CT molecular complexity index is 593. The molecule has 41 heavy (non-hydrogen) atoms. The minimum atomic E-state index is 0.00486. The lowest BCUT2D eigenvalue weighted by atomic mass is 10.0. The molecule has 0 aromatic heterocycles. The summed E-state index contributed by atoms with van der Waals surface area (Å²) in [6.45, 7) is 6.89. The average Bonchev–Trinajstić information content (AvgIpc) is 2.97. The highest BCUT2D eigenvalue weighted by Gasteiger charge is 2.20. The molecular weight excluding hydrogens is 506 g/mol. The van der Waals surface area contributed by atoms with Gasteiger partial charge in [-0.15, -0.1) is 0 Å². The van der Waals surface area contributed by atoms with Crippen LogP contribution in [0.4, 0.5) is 0 Å². The Morgan fingerprint density at radius 2 is 0.902 bits per heavy atom. The second kappa shape index (κ2) is 33.3. The molecule has 0 atom stereocenters. The van der Waals surface area contributed by atoms with Crippen LogP contribution in [0.2, 0.25) is 0 Å². The molecule has 0 aromatic rings. The van der Waals surface area contributed by atoms with Gasteiger partial charge in [0.1, 0.15) is 0 Å². The molecule has 2 amide bonds. The van der Waals surface area contributed by atoms with E-state index >= 15 is 0 Å². The number of allylic oxidation sites excluding steroid dienone is 2. The topological polar surface area (TPSA) is 75.4 Å². The van der Waals surface area contributed by atoms with Crippen LogP contribution in [-0.2, 0) is 9.59 Å². The van der Waals surface area contributed by atoms with Gasteiger partial charge in [0.25, 0.3) is 0 Å². The summed E-state index contributed by atoms with van der Waals surface area (Å²) in [5, 5.41) is 3.23. The quantitative estimate of drug-likeness (QED) is 0.0616. The zero-order chi connectivity index (χ0) is 30.1. The molecule has 0 aliphatic carbocycles. The van der Waals surface area contributed by atoms with Gasteiger partial charge in [-0.3, -0.25) is 14.5 Å². The summed E-state index contributed by atoms with van der Waals surface area (Å²) in [6.07, 6.45) is 35.8. The maximum Gasteiger partial charge on any atom is 0.229 e. The molecule has 0 radical (unpaired) electrons. The van der Waals surface area contributed by atoms with Crippen LogP contribution in [0.1, 0.15) is 181 Å². The number of carbonyl (C=O) groups excluding carboxylic acids is 2. The van der Waals surface area contributed by atoms with Crippen molar-refractivity contribution in [2.75, 3.05) is 26.2 Å².